The van der Waals surface area contributed by atoms with E-state index in [0.29, 0.717) is 45.0 Å². The average molecular weight is 454 g/mol. The maximum atomic E-state index is 13.2. The summed E-state index contributed by atoms with van der Waals surface area (Å²) in [6.45, 7) is 2.08. The molecule has 0 N–H and O–H groups in total. The number of methoxy groups -OCH3 is 2. The van der Waals surface area contributed by atoms with Crippen LogP contribution in [0.2, 0.25) is 0 Å². The fourth-order valence-corrected chi connectivity index (χ4v) is 3.77. The van der Waals surface area contributed by atoms with Crippen LogP contribution in [0.3, 0.4) is 0 Å². The predicted octanol–water partition coefficient (Wildman–Crippen LogP) is 4.68. The van der Waals surface area contributed by atoms with E-state index in [4.69, 9.17) is 14.0 Å². The molecule has 0 aliphatic rings. The molecule has 2 heterocycles. The first kappa shape index (κ1) is 21.4. The van der Waals surface area contributed by atoms with Crippen LogP contribution in [0, 0.1) is 0 Å². The van der Waals surface area contributed by atoms with Crippen molar-refractivity contribution in [3.8, 4) is 40.2 Å². The first-order valence-corrected chi connectivity index (χ1v) is 10.8. The summed E-state index contributed by atoms with van der Waals surface area (Å²) in [5.41, 5.74) is 2.70. The van der Waals surface area contributed by atoms with Crippen LogP contribution in [0.1, 0.15) is 12.5 Å². The van der Waals surface area contributed by atoms with Crippen molar-refractivity contribution in [3.63, 3.8) is 0 Å². The van der Waals surface area contributed by atoms with E-state index in [1.54, 1.807) is 38.5 Å². The lowest BCUT2D eigenvalue weighted by molar-refractivity contribution is 0.394. The van der Waals surface area contributed by atoms with Gasteiger partial charge in [0.1, 0.15) is 11.5 Å². The minimum Gasteiger partial charge on any atom is -0.497 e. The maximum absolute atomic E-state index is 13.2. The molecule has 0 radical (unpaired) electrons. The van der Waals surface area contributed by atoms with Crippen molar-refractivity contribution in [2.45, 2.75) is 13.3 Å². The molecule has 5 aromatic rings. The molecule has 0 aliphatic carbocycles. The molecule has 8 heteroatoms. The molecule has 8 nitrogen and oxygen atoms in total. The summed E-state index contributed by atoms with van der Waals surface area (Å²) >= 11 is 0. The normalized spacial score (nSPS) is 11.0. The first-order chi connectivity index (χ1) is 16.6. The number of fused-ring (bicyclic) bond motifs is 1. The van der Waals surface area contributed by atoms with Gasteiger partial charge in [0.2, 0.25) is 5.82 Å². The van der Waals surface area contributed by atoms with Gasteiger partial charge in [-0.25, -0.2) is 0 Å². The van der Waals surface area contributed by atoms with Gasteiger partial charge in [-0.3, -0.25) is 4.79 Å². The summed E-state index contributed by atoms with van der Waals surface area (Å²) in [5.74, 6) is 1.76. The van der Waals surface area contributed by atoms with Crippen LogP contribution in [0.4, 0.5) is 0 Å². The van der Waals surface area contributed by atoms with E-state index in [9.17, 15) is 4.79 Å². The largest absolute Gasteiger partial charge is 0.497 e. The third kappa shape index (κ3) is 3.79. The number of rotatable bonds is 6. The van der Waals surface area contributed by atoms with E-state index in [1.165, 1.54) is 10.2 Å². The van der Waals surface area contributed by atoms with Crippen LogP contribution in [0.15, 0.2) is 76.0 Å². The zero-order valence-corrected chi connectivity index (χ0v) is 19.0. The fourth-order valence-electron chi connectivity index (χ4n) is 3.77. The Hall–Kier alpha value is -4.46. The summed E-state index contributed by atoms with van der Waals surface area (Å²) in [7, 11) is 3.15. The minimum atomic E-state index is -0.221. The van der Waals surface area contributed by atoms with E-state index < -0.39 is 0 Å². The number of hydrogen-bond acceptors (Lipinski definition) is 7. The van der Waals surface area contributed by atoms with Crippen molar-refractivity contribution in [2.24, 2.45) is 0 Å². The molecule has 0 bridgehead atoms. The van der Waals surface area contributed by atoms with Gasteiger partial charge in [-0.1, -0.05) is 42.4 Å². The molecular formula is C26H22N4O4. The monoisotopic (exact) mass is 454 g/mol. The zero-order chi connectivity index (χ0) is 23.7. The van der Waals surface area contributed by atoms with Gasteiger partial charge < -0.3 is 14.0 Å². The SMILES string of the molecule is CCc1ccc(-n2nc(-c3nc(-c4cc(OC)cc(OC)c4)no3)c3ccccc3c2=O)cc1. The van der Waals surface area contributed by atoms with E-state index >= 15 is 0 Å². The Morgan fingerprint density at radius 2 is 1.59 bits per heavy atom. The lowest BCUT2D eigenvalue weighted by atomic mass is 10.1. The third-order valence-electron chi connectivity index (χ3n) is 5.63. The molecule has 0 spiro atoms. The Balaban J connectivity index is 1.67. The number of hydrogen-bond donors (Lipinski definition) is 0. The Bertz CT molecular complexity index is 1520. The zero-order valence-electron chi connectivity index (χ0n) is 19.0. The van der Waals surface area contributed by atoms with Crippen molar-refractivity contribution >= 4 is 10.8 Å². The van der Waals surface area contributed by atoms with E-state index in [2.05, 4.69) is 22.2 Å². The van der Waals surface area contributed by atoms with Gasteiger partial charge in [-0.15, -0.1) is 0 Å². The van der Waals surface area contributed by atoms with E-state index in [0.717, 1.165) is 6.42 Å². The second-order valence-corrected chi connectivity index (χ2v) is 7.66. The van der Waals surface area contributed by atoms with Gasteiger partial charge in [0.05, 0.1) is 25.3 Å². The van der Waals surface area contributed by atoms with Crippen molar-refractivity contribution in [2.75, 3.05) is 14.2 Å². The van der Waals surface area contributed by atoms with E-state index in [-0.39, 0.29) is 11.4 Å². The van der Waals surface area contributed by atoms with Crippen LogP contribution in [-0.4, -0.2) is 34.1 Å². The molecule has 0 atom stereocenters. The summed E-state index contributed by atoms with van der Waals surface area (Å²) in [5, 5.41) is 9.91. The molecule has 0 saturated heterocycles. The predicted molar refractivity (Wildman–Crippen MR) is 129 cm³/mol. The number of aromatic nitrogens is 4. The van der Waals surface area contributed by atoms with Crippen LogP contribution >= 0.6 is 0 Å². The number of ether oxygens (including phenoxy) is 2. The van der Waals surface area contributed by atoms with Crippen molar-refractivity contribution in [1.82, 2.24) is 19.9 Å². The topological polar surface area (TPSA) is 92.3 Å². The highest BCUT2D eigenvalue weighted by atomic mass is 16.5. The maximum Gasteiger partial charge on any atom is 0.279 e. The van der Waals surface area contributed by atoms with Gasteiger partial charge in [-0.05, 0) is 42.3 Å². The summed E-state index contributed by atoms with van der Waals surface area (Å²) in [6, 6.07) is 20.3. The van der Waals surface area contributed by atoms with Crippen LogP contribution in [0.5, 0.6) is 11.5 Å². The van der Waals surface area contributed by atoms with Crippen LogP contribution in [-0.2, 0) is 6.42 Å². The highest BCUT2D eigenvalue weighted by Crippen LogP contribution is 2.30. The number of aryl methyl sites for hydroxylation is 1. The second kappa shape index (κ2) is 8.82. The highest BCUT2D eigenvalue weighted by molar-refractivity contribution is 5.92. The molecule has 0 saturated carbocycles. The molecule has 0 amide bonds. The van der Waals surface area contributed by atoms with Crippen molar-refractivity contribution in [1.29, 1.82) is 0 Å². The molecule has 2 aromatic heterocycles. The number of benzene rings is 3. The van der Waals surface area contributed by atoms with Gasteiger partial charge >= 0.3 is 0 Å². The molecule has 5 rings (SSSR count). The molecule has 0 fully saturated rings. The molecule has 170 valence electrons. The second-order valence-electron chi connectivity index (χ2n) is 7.66. The standard InChI is InChI=1S/C26H22N4O4/c1-4-16-9-11-18(12-10-16)30-26(31)22-8-6-5-7-21(22)23(28-30)25-27-24(29-34-25)17-13-19(32-2)15-20(14-17)33-3/h5-15H,4H2,1-3H3. The first-order valence-electron chi connectivity index (χ1n) is 10.8. The van der Waals surface area contributed by atoms with Gasteiger partial charge in [-0.2, -0.15) is 14.8 Å². The van der Waals surface area contributed by atoms with Gasteiger partial charge in [0, 0.05) is 17.0 Å². The van der Waals surface area contributed by atoms with Crippen molar-refractivity contribution < 1.29 is 14.0 Å². The highest BCUT2D eigenvalue weighted by Gasteiger charge is 2.19. The molecule has 0 aliphatic heterocycles. The summed E-state index contributed by atoms with van der Waals surface area (Å²) in [6.07, 6.45) is 0.908. The van der Waals surface area contributed by atoms with Crippen molar-refractivity contribution in [3.05, 3.63) is 82.6 Å². The summed E-state index contributed by atoms with van der Waals surface area (Å²) in [4.78, 5) is 17.8. The molecule has 0 unspecified atom stereocenters. The quantitative estimate of drug-likeness (QED) is 0.368. The van der Waals surface area contributed by atoms with Gasteiger partial charge in [0.25, 0.3) is 11.4 Å². The number of nitrogens with zero attached hydrogens (tertiary/aromatic N) is 4. The Kier molecular flexibility index (Phi) is 5.55. The van der Waals surface area contributed by atoms with Crippen LogP contribution in [0.25, 0.3) is 39.4 Å². The summed E-state index contributed by atoms with van der Waals surface area (Å²) < 4.78 is 17.7. The lowest BCUT2D eigenvalue weighted by Gasteiger charge is -2.09. The van der Waals surface area contributed by atoms with Crippen LogP contribution < -0.4 is 15.0 Å². The lowest BCUT2D eigenvalue weighted by Crippen LogP contribution is -2.22. The molecule has 3 aromatic carbocycles. The Morgan fingerprint density at radius 3 is 2.24 bits per heavy atom. The van der Waals surface area contributed by atoms with Gasteiger partial charge in [0.15, 0.2) is 5.69 Å². The Labute approximate surface area is 195 Å². The minimum absolute atomic E-state index is 0.201. The smallest absolute Gasteiger partial charge is 0.279 e. The average Bonchev–Trinajstić information content (AvgIpc) is 3.39. The third-order valence-corrected chi connectivity index (χ3v) is 5.63. The molecular weight excluding hydrogens is 432 g/mol. The Morgan fingerprint density at radius 1 is 0.912 bits per heavy atom. The fraction of sp³-hybridized carbons (Fsp3) is 0.154. The molecule has 34 heavy (non-hydrogen) atoms. The van der Waals surface area contributed by atoms with E-state index in [1.807, 2.05) is 42.5 Å².